The molecule has 1 unspecified atom stereocenters. The fourth-order valence-electron chi connectivity index (χ4n) is 5.12. The summed E-state index contributed by atoms with van der Waals surface area (Å²) in [7, 11) is 0. The molecule has 31 heavy (non-hydrogen) atoms. The molecule has 0 saturated carbocycles. The smallest absolute Gasteiger partial charge is 0.263 e. The van der Waals surface area contributed by atoms with Crippen molar-refractivity contribution in [3.63, 3.8) is 0 Å². The summed E-state index contributed by atoms with van der Waals surface area (Å²) in [4.78, 5) is 20.8. The Bertz CT molecular complexity index is 963. The van der Waals surface area contributed by atoms with Crippen LogP contribution in [-0.4, -0.2) is 52.1 Å². The van der Waals surface area contributed by atoms with Gasteiger partial charge in [-0.1, -0.05) is 26.0 Å². The third-order valence-corrected chi connectivity index (χ3v) is 8.15. The number of hydrogen-bond donors (Lipinski definition) is 1. The Morgan fingerprint density at radius 2 is 1.97 bits per heavy atom. The van der Waals surface area contributed by atoms with Gasteiger partial charge in [-0.05, 0) is 38.7 Å². The molecule has 2 saturated heterocycles. The number of aromatic nitrogens is 2. The molecule has 170 valence electrons. The number of rotatable bonds is 3. The van der Waals surface area contributed by atoms with Crippen LogP contribution in [0.1, 0.15) is 50.9 Å². The van der Waals surface area contributed by atoms with Gasteiger partial charge in [-0.25, -0.2) is 4.98 Å². The van der Waals surface area contributed by atoms with Crippen LogP contribution in [0.25, 0.3) is 5.70 Å². The predicted octanol–water partition coefficient (Wildman–Crippen LogP) is 3.63. The van der Waals surface area contributed by atoms with Crippen LogP contribution >= 0.6 is 23.2 Å². The van der Waals surface area contributed by atoms with Gasteiger partial charge in [0.1, 0.15) is 11.6 Å². The Morgan fingerprint density at radius 3 is 2.55 bits per heavy atom. The van der Waals surface area contributed by atoms with Gasteiger partial charge in [0.25, 0.3) is 5.56 Å². The lowest BCUT2D eigenvalue weighted by Gasteiger charge is -2.42. The van der Waals surface area contributed by atoms with Crippen molar-refractivity contribution in [3.05, 3.63) is 40.0 Å². The van der Waals surface area contributed by atoms with Crippen LogP contribution in [0.15, 0.2) is 23.0 Å². The largest absolute Gasteiger partial charge is 0.376 e. The van der Waals surface area contributed by atoms with Crippen LogP contribution in [0.3, 0.4) is 0 Å². The van der Waals surface area contributed by atoms with Gasteiger partial charge in [0.05, 0.1) is 29.0 Å². The van der Waals surface area contributed by atoms with E-state index < -0.39 is 5.38 Å². The molecule has 2 N–H and O–H groups in total. The fraction of sp³-hybridized carbons (Fsp3) is 0.652. The molecule has 1 aliphatic carbocycles. The number of nitrogens with two attached hydrogens (primary N) is 1. The molecule has 2 aliphatic heterocycles. The normalized spacial score (nSPS) is 30.3. The second-order valence-electron chi connectivity index (χ2n) is 9.41. The van der Waals surface area contributed by atoms with E-state index in [1.165, 1.54) is 0 Å². The number of anilines is 1. The zero-order valence-electron chi connectivity index (χ0n) is 18.6. The molecule has 2 fully saturated rings. The molecule has 8 heteroatoms. The maximum atomic E-state index is 13.7. The Morgan fingerprint density at radius 1 is 1.29 bits per heavy atom. The number of allylic oxidation sites excluding steroid dienone is 4. The lowest BCUT2D eigenvalue weighted by atomic mass is 9.73. The van der Waals surface area contributed by atoms with E-state index in [0.29, 0.717) is 23.7 Å². The van der Waals surface area contributed by atoms with E-state index in [1.54, 1.807) is 4.57 Å². The van der Waals surface area contributed by atoms with Crippen LogP contribution in [0.5, 0.6) is 0 Å². The van der Waals surface area contributed by atoms with Gasteiger partial charge in [-0.3, -0.25) is 9.36 Å². The van der Waals surface area contributed by atoms with Crippen LogP contribution in [0.4, 0.5) is 5.82 Å². The molecule has 3 heterocycles. The number of alkyl halides is 2. The molecule has 3 aliphatic rings. The summed E-state index contributed by atoms with van der Waals surface area (Å²) in [5.74, 6) is 1.43. The number of piperidine rings is 1. The van der Waals surface area contributed by atoms with Gasteiger partial charge in [0, 0.05) is 30.2 Å². The molecule has 0 aromatic carbocycles. The second-order valence-corrected chi connectivity index (χ2v) is 10.4. The lowest BCUT2D eigenvalue weighted by Crippen LogP contribution is -2.51. The van der Waals surface area contributed by atoms with E-state index in [1.807, 2.05) is 39.0 Å². The van der Waals surface area contributed by atoms with Crippen molar-refractivity contribution >= 4 is 34.7 Å². The summed E-state index contributed by atoms with van der Waals surface area (Å²) < 4.78 is 7.48. The third-order valence-electron chi connectivity index (χ3n) is 7.13. The van der Waals surface area contributed by atoms with Gasteiger partial charge in [-0.2, -0.15) is 0 Å². The maximum absolute atomic E-state index is 13.7. The Kier molecular flexibility index (Phi) is 6.29. The van der Waals surface area contributed by atoms with Crippen LogP contribution < -0.4 is 16.2 Å². The van der Waals surface area contributed by atoms with Crippen LogP contribution in [-0.2, 0) is 4.74 Å². The highest BCUT2D eigenvalue weighted by Crippen LogP contribution is 2.42. The fourth-order valence-corrected chi connectivity index (χ4v) is 5.59. The first-order valence-electron chi connectivity index (χ1n) is 11.1. The first kappa shape index (κ1) is 22.8. The number of hydrogen-bond acceptors (Lipinski definition) is 5. The molecule has 4 atom stereocenters. The average Bonchev–Trinajstić information content (AvgIpc) is 2.99. The predicted molar refractivity (Wildman–Crippen MR) is 127 cm³/mol. The van der Waals surface area contributed by atoms with Gasteiger partial charge in [0.2, 0.25) is 0 Å². The molecule has 1 aromatic heterocycles. The molecular formula is C23H32Cl2N4O2. The molecule has 4 rings (SSSR count). The summed E-state index contributed by atoms with van der Waals surface area (Å²) in [6.45, 7) is 10.3. The number of nitrogens with zero attached hydrogens (tertiary/aromatic N) is 3. The Labute approximate surface area is 194 Å². The van der Waals surface area contributed by atoms with E-state index in [0.717, 1.165) is 31.7 Å². The van der Waals surface area contributed by atoms with Crippen LogP contribution in [0, 0.1) is 12.3 Å². The molecule has 1 spiro atoms. The maximum Gasteiger partial charge on any atom is 0.263 e. The van der Waals surface area contributed by atoms with Gasteiger partial charge >= 0.3 is 0 Å². The minimum Gasteiger partial charge on any atom is -0.376 e. The summed E-state index contributed by atoms with van der Waals surface area (Å²) >= 11 is 12.9. The van der Waals surface area contributed by atoms with E-state index >= 15 is 0 Å². The monoisotopic (exact) mass is 466 g/mol. The third kappa shape index (κ3) is 3.86. The number of ether oxygens (including phenoxy) is 1. The minimum absolute atomic E-state index is 0.0233. The van der Waals surface area contributed by atoms with Crippen molar-refractivity contribution in [2.75, 3.05) is 24.6 Å². The highest BCUT2D eigenvalue weighted by molar-refractivity contribution is 6.34. The number of aryl methyl sites for hydroxylation is 1. The van der Waals surface area contributed by atoms with Crippen LogP contribution in [0.2, 0.25) is 0 Å². The molecule has 0 bridgehead atoms. The molecule has 0 amide bonds. The van der Waals surface area contributed by atoms with Crippen molar-refractivity contribution in [1.82, 2.24) is 9.55 Å². The Balaban J connectivity index is 1.70. The minimum atomic E-state index is -0.489. The topological polar surface area (TPSA) is 73.4 Å². The zero-order valence-corrected chi connectivity index (χ0v) is 20.2. The quantitative estimate of drug-likeness (QED) is 0.688. The summed E-state index contributed by atoms with van der Waals surface area (Å²) in [5.41, 5.74) is 7.83. The van der Waals surface area contributed by atoms with Gasteiger partial charge in [0.15, 0.2) is 0 Å². The van der Waals surface area contributed by atoms with E-state index in [4.69, 9.17) is 38.7 Å². The standard InChI is InChI=1S/C23H32Cl2N4O2/c1-13(2)18-21(28-10-8-23(9-11-28)12-31-14(3)20(23)26)27-15(4)29(22(18)30)17-7-5-6-16(24)19(17)25/h5-7,13-14,16,19-20H,8-12,26H2,1-4H3/t14-,16-,19?,20+/m0/s1. The SMILES string of the molecule is Cc1nc(N2CCC3(CC2)CO[C@@H](C)[C@H]3N)c(C(C)C)c(=O)n1C1=CC=C[C@H](Cl)C1Cl. The molecule has 0 radical (unpaired) electrons. The van der Waals surface area contributed by atoms with Gasteiger partial charge in [-0.15, -0.1) is 23.2 Å². The molecule has 6 nitrogen and oxygen atoms in total. The first-order chi connectivity index (χ1) is 14.7. The van der Waals surface area contributed by atoms with E-state index in [2.05, 4.69) is 11.8 Å². The Hall–Kier alpha value is -1.34. The lowest BCUT2D eigenvalue weighted by molar-refractivity contribution is 0.0974. The summed E-state index contributed by atoms with van der Waals surface area (Å²) in [6, 6.07) is 0.0531. The first-order valence-corrected chi connectivity index (χ1v) is 12.0. The average molecular weight is 467 g/mol. The van der Waals surface area contributed by atoms with Crippen molar-refractivity contribution < 1.29 is 4.74 Å². The van der Waals surface area contributed by atoms with Crippen molar-refractivity contribution in [2.45, 2.75) is 69.4 Å². The van der Waals surface area contributed by atoms with E-state index in [9.17, 15) is 4.79 Å². The van der Waals surface area contributed by atoms with E-state index in [-0.39, 0.29) is 34.4 Å². The summed E-state index contributed by atoms with van der Waals surface area (Å²) in [5, 5.41) is -0.856. The highest BCUT2D eigenvalue weighted by Gasteiger charge is 2.48. The zero-order chi connectivity index (χ0) is 22.5. The highest BCUT2D eigenvalue weighted by atomic mass is 35.5. The number of halogens is 2. The van der Waals surface area contributed by atoms with Crippen molar-refractivity contribution in [1.29, 1.82) is 0 Å². The van der Waals surface area contributed by atoms with Crippen molar-refractivity contribution in [3.8, 4) is 0 Å². The second kappa shape index (κ2) is 8.54. The summed E-state index contributed by atoms with van der Waals surface area (Å²) in [6.07, 6.45) is 7.49. The molecular weight excluding hydrogens is 435 g/mol. The van der Waals surface area contributed by atoms with Crippen molar-refractivity contribution in [2.24, 2.45) is 11.1 Å². The molecule has 1 aromatic rings. The van der Waals surface area contributed by atoms with Gasteiger partial charge < -0.3 is 15.4 Å².